The average molecular weight is 250 g/mol. The maximum atomic E-state index is 3.92. The fourth-order valence-electron chi connectivity index (χ4n) is 0.886. The molecule has 0 unspecified atom stereocenters. The molecule has 0 bridgehead atoms. The fraction of sp³-hybridized carbons (Fsp3) is 0.0909. The molecule has 0 saturated heterocycles. The Kier molecular flexibility index (Phi) is 8.44. The molecule has 1 rings (SSSR count). The van der Waals surface area contributed by atoms with Gasteiger partial charge in [-0.2, -0.15) is 0 Å². The first-order valence-corrected chi connectivity index (χ1v) is 3.62. The zero-order valence-corrected chi connectivity index (χ0v) is 10.9. The summed E-state index contributed by atoms with van der Waals surface area (Å²) in [5.74, 6) is 0. The molecule has 0 heterocycles. The van der Waals surface area contributed by atoms with Crippen molar-refractivity contribution < 1.29 is 32.7 Å². The second-order valence-corrected chi connectivity index (χ2v) is 2.62. The molecule has 1 aromatic rings. The van der Waals surface area contributed by atoms with Gasteiger partial charge < -0.3 is 6.15 Å². The van der Waals surface area contributed by atoms with Gasteiger partial charge in [-0.1, -0.05) is 49.1 Å². The number of benzene rings is 1. The van der Waals surface area contributed by atoms with Crippen LogP contribution in [0.25, 0.3) is 5.57 Å². The number of hydrogen-bond acceptors (Lipinski definition) is 1. The Morgan fingerprint density at radius 3 is 1.92 bits per heavy atom. The van der Waals surface area contributed by atoms with Crippen molar-refractivity contribution in [3.63, 3.8) is 0 Å². The van der Waals surface area contributed by atoms with E-state index in [9.17, 15) is 0 Å². The van der Waals surface area contributed by atoms with E-state index in [0.717, 1.165) is 16.7 Å². The molecule has 0 atom stereocenters. The summed E-state index contributed by atoms with van der Waals surface area (Å²) in [6, 6.07) is 10.1. The van der Waals surface area contributed by atoms with Crippen LogP contribution in [0.3, 0.4) is 0 Å². The summed E-state index contributed by atoms with van der Waals surface area (Å²) in [6.07, 6.45) is 0. The van der Waals surface area contributed by atoms with Crippen LogP contribution in [0.1, 0.15) is 12.5 Å². The summed E-state index contributed by atoms with van der Waals surface area (Å²) in [4.78, 5) is 0. The van der Waals surface area contributed by atoms with Crippen molar-refractivity contribution in [1.82, 2.24) is 6.15 Å². The van der Waals surface area contributed by atoms with Crippen LogP contribution < -0.4 is 6.15 Å². The molecule has 0 aromatic heterocycles. The molecule has 0 aliphatic rings. The molecule has 0 aliphatic heterocycles. The van der Waals surface area contributed by atoms with Gasteiger partial charge in [0.2, 0.25) is 0 Å². The van der Waals surface area contributed by atoms with Crippen LogP contribution in [0.2, 0.25) is 0 Å². The smallest absolute Gasteiger partial charge is 0 e. The van der Waals surface area contributed by atoms with Gasteiger partial charge in [0.25, 0.3) is 0 Å². The van der Waals surface area contributed by atoms with E-state index >= 15 is 0 Å². The van der Waals surface area contributed by atoms with Crippen molar-refractivity contribution in [2.45, 2.75) is 6.92 Å². The van der Waals surface area contributed by atoms with Gasteiger partial charge in [-0.15, -0.1) is 0 Å². The molecule has 1 radical (unpaired) electrons. The summed E-state index contributed by atoms with van der Waals surface area (Å²) in [5, 5.41) is 0. The van der Waals surface area contributed by atoms with Crippen molar-refractivity contribution in [3.8, 4) is 0 Å². The normalized spacial score (nSPS) is 7.77. The van der Waals surface area contributed by atoms with Gasteiger partial charge in [0.05, 0.1) is 0 Å². The van der Waals surface area contributed by atoms with E-state index in [-0.39, 0.29) is 38.9 Å². The van der Waals surface area contributed by atoms with Crippen molar-refractivity contribution in [2.75, 3.05) is 0 Å². The first kappa shape index (κ1) is 15.2. The second-order valence-electron chi connectivity index (χ2n) is 2.62. The first-order chi connectivity index (χ1) is 5.22. The van der Waals surface area contributed by atoms with Gasteiger partial charge in [0, 0.05) is 32.7 Å². The van der Waals surface area contributed by atoms with E-state index in [1.807, 2.05) is 37.3 Å². The van der Waals surface area contributed by atoms with E-state index in [0.29, 0.717) is 0 Å². The Balaban J connectivity index is 0. The van der Waals surface area contributed by atoms with E-state index in [4.69, 9.17) is 0 Å². The molecule has 0 fully saturated rings. The largest absolute Gasteiger partial charge is 0.344 e. The first-order valence-electron chi connectivity index (χ1n) is 3.62. The zero-order valence-electron chi connectivity index (χ0n) is 8.09. The van der Waals surface area contributed by atoms with E-state index in [1.54, 1.807) is 0 Å². The minimum absolute atomic E-state index is 0. The van der Waals surface area contributed by atoms with Crippen LogP contribution in [-0.4, -0.2) is 0 Å². The third-order valence-electron chi connectivity index (χ3n) is 1.64. The fourth-order valence-corrected chi connectivity index (χ4v) is 0.886. The summed E-state index contributed by atoms with van der Waals surface area (Å²) in [5.41, 5.74) is 3.20. The topological polar surface area (TPSA) is 35.0 Å². The van der Waals surface area contributed by atoms with Crippen LogP contribution in [0.5, 0.6) is 0 Å². The maximum absolute atomic E-state index is 3.92. The third kappa shape index (κ3) is 4.51. The molecular formula is C11H15NY. The van der Waals surface area contributed by atoms with Gasteiger partial charge in [-0.25, -0.2) is 0 Å². The summed E-state index contributed by atoms with van der Waals surface area (Å²) < 4.78 is 0. The standard InChI is InChI=1S/C11H12.H3N.Y/c1-9(2)10(3)11-7-5-4-6-8-11;;/h4-8H,1,3H2,2H3;1H3;. The van der Waals surface area contributed by atoms with E-state index in [2.05, 4.69) is 13.2 Å². The minimum atomic E-state index is 0. The van der Waals surface area contributed by atoms with Crippen molar-refractivity contribution in [3.05, 3.63) is 54.6 Å². The monoisotopic (exact) mass is 250 g/mol. The summed E-state index contributed by atoms with van der Waals surface area (Å²) >= 11 is 0. The van der Waals surface area contributed by atoms with Gasteiger partial charge in [-0.05, 0) is 18.1 Å². The Hall–Kier alpha value is -0.236. The molecular weight excluding hydrogens is 235 g/mol. The molecule has 0 aliphatic carbocycles. The van der Waals surface area contributed by atoms with E-state index < -0.39 is 0 Å². The van der Waals surface area contributed by atoms with Gasteiger partial charge in [0.1, 0.15) is 0 Å². The molecule has 13 heavy (non-hydrogen) atoms. The maximum Gasteiger partial charge on any atom is 0 e. The van der Waals surface area contributed by atoms with Crippen LogP contribution in [0.4, 0.5) is 0 Å². The molecule has 2 heteroatoms. The van der Waals surface area contributed by atoms with Crippen LogP contribution in [0, 0.1) is 0 Å². The predicted octanol–water partition coefficient (Wildman–Crippen LogP) is 3.44. The molecule has 1 aromatic carbocycles. The van der Waals surface area contributed by atoms with Gasteiger partial charge in [0.15, 0.2) is 0 Å². The number of allylic oxidation sites excluding steroid dienone is 2. The Bertz CT molecular complexity index is 277. The second kappa shape index (κ2) is 7.19. The number of hydrogen-bond donors (Lipinski definition) is 1. The summed E-state index contributed by atoms with van der Waals surface area (Å²) in [7, 11) is 0. The quantitative estimate of drug-likeness (QED) is 0.802. The van der Waals surface area contributed by atoms with Gasteiger partial charge in [-0.3, -0.25) is 0 Å². The molecule has 1 nitrogen and oxygen atoms in total. The Morgan fingerprint density at radius 1 is 1.08 bits per heavy atom. The molecule has 0 amide bonds. The molecule has 0 spiro atoms. The summed E-state index contributed by atoms with van der Waals surface area (Å²) in [6.45, 7) is 9.72. The Morgan fingerprint density at radius 2 is 1.54 bits per heavy atom. The van der Waals surface area contributed by atoms with Crippen molar-refractivity contribution in [2.24, 2.45) is 0 Å². The van der Waals surface area contributed by atoms with Crippen LogP contribution in [0.15, 0.2) is 49.1 Å². The van der Waals surface area contributed by atoms with Crippen LogP contribution in [-0.2, 0) is 32.7 Å². The SMILES string of the molecule is C=C(C)C(=C)c1ccccc1.N.[Y]. The Labute approximate surface area is 105 Å². The molecule has 3 N–H and O–H groups in total. The van der Waals surface area contributed by atoms with Crippen molar-refractivity contribution >= 4 is 5.57 Å². The molecule has 0 saturated carbocycles. The average Bonchev–Trinajstić information content (AvgIpc) is 2.05. The third-order valence-corrected chi connectivity index (χ3v) is 1.64. The van der Waals surface area contributed by atoms with Crippen molar-refractivity contribution in [1.29, 1.82) is 0 Å². The minimum Gasteiger partial charge on any atom is -0.344 e. The molecule has 67 valence electrons. The van der Waals surface area contributed by atoms with Crippen LogP contribution >= 0.6 is 0 Å². The van der Waals surface area contributed by atoms with E-state index in [1.165, 1.54) is 0 Å². The predicted molar refractivity (Wildman–Crippen MR) is 55.3 cm³/mol. The number of rotatable bonds is 2. The van der Waals surface area contributed by atoms with Gasteiger partial charge >= 0.3 is 0 Å². The zero-order chi connectivity index (χ0) is 8.27.